The average molecular weight is 534 g/mol. The number of carbonyl (C=O) groups is 1. The van der Waals surface area contributed by atoms with Crippen LogP contribution in [0.5, 0.6) is 0 Å². The fourth-order valence-corrected chi connectivity index (χ4v) is 3.26. The lowest BCUT2D eigenvalue weighted by molar-refractivity contribution is -0.385. The molecule has 1 heterocycles. The van der Waals surface area contributed by atoms with E-state index in [9.17, 15) is 25.0 Å². The molecule has 4 aromatic rings. The lowest BCUT2D eigenvalue weighted by Gasteiger charge is -1.99. The molecule has 0 spiro atoms. The number of aldehydes is 1. The molecule has 0 atom stereocenters. The Bertz CT molecular complexity index is 1420. The van der Waals surface area contributed by atoms with E-state index in [4.69, 9.17) is 11.5 Å². The molecule has 5 rings (SSSR count). The first kappa shape index (κ1) is 29.1. The van der Waals surface area contributed by atoms with Gasteiger partial charge in [-0.3, -0.25) is 30.0 Å². The van der Waals surface area contributed by atoms with E-state index in [1.807, 2.05) is 30.3 Å². The van der Waals surface area contributed by atoms with Crippen LogP contribution in [0.1, 0.15) is 21.5 Å². The Morgan fingerprint density at radius 3 is 1.63 bits per heavy atom. The fraction of sp³-hybridized carbons (Fsp3) is 0.0370. The summed E-state index contributed by atoms with van der Waals surface area (Å²) in [6, 6.07) is 27.2. The Balaban J connectivity index is 0.000000218. The van der Waals surface area contributed by atoms with Gasteiger partial charge >= 0.3 is 0 Å². The van der Waals surface area contributed by atoms with E-state index in [1.54, 1.807) is 24.3 Å². The van der Waals surface area contributed by atoms with Crippen LogP contribution < -0.4 is 11.5 Å². The van der Waals surface area contributed by atoms with E-state index in [1.165, 1.54) is 42.0 Å². The molecule has 0 fully saturated rings. The van der Waals surface area contributed by atoms with Gasteiger partial charge in [0.2, 0.25) is 0 Å². The summed E-state index contributed by atoms with van der Waals surface area (Å²) in [4.78, 5) is 34.5. The van der Waals surface area contributed by atoms with E-state index < -0.39 is 9.85 Å². The predicted octanol–water partition coefficient (Wildman–Crippen LogP) is 5.95. The van der Waals surface area contributed by atoms with Crippen molar-refractivity contribution >= 4 is 52.8 Å². The van der Waals surface area contributed by atoms with Gasteiger partial charge in [-0.05, 0) is 53.6 Å². The first-order valence-corrected chi connectivity index (χ1v) is 11.0. The zero-order valence-electron chi connectivity index (χ0n) is 20.0. The van der Waals surface area contributed by atoms with Crippen LogP contribution in [0, 0.1) is 20.2 Å². The van der Waals surface area contributed by atoms with Gasteiger partial charge in [-0.2, -0.15) is 0 Å². The number of fused-ring (bicyclic) bond motifs is 1. The summed E-state index contributed by atoms with van der Waals surface area (Å²) in [5.74, 6) is 0. The van der Waals surface area contributed by atoms with Gasteiger partial charge in [0, 0.05) is 36.2 Å². The largest absolute Gasteiger partial charge is 0.397 e. The molecule has 0 amide bonds. The van der Waals surface area contributed by atoms with Crippen molar-refractivity contribution < 1.29 is 14.6 Å². The fourth-order valence-electron chi connectivity index (χ4n) is 3.26. The van der Waals surface area contributed by atoms with Gasteiger partial charge in [-0.25, -0.2) is 0 Å². The highest BCUT2D eigenvalue weighted by molar-refractivity contribution is 6.06. The molecule has 0 bridgehead atoms. The van der Waals surface area contributed by atoms with Crippen molar-refractivity contribution in [3.05, 3.63) is 134 Å². The summed E-state index contributed by atoms with van der Waals surface area (Å²) < 4.78 is 0. The van der Waals surface area contributed by atoms with Crippen molar-refractivity contribution in [1.82, 2.24) is 0 Å². The Hall–Kier alpha value is -5.09. The van der Waals surface area contributed by atoms with Gasteiger partial charge in [-0.1, -0.05) is 30.3 Å². The van der Waals surface area contributed by atoms with Crippen molar-refractivity contribution in [3.8, 4) is 0 Å². The molecule has 0 saturated heterocycles. The quantitative estimate of drug-likeness (QED) is 0.141. The van der Waals surface area contributed by atoms with Gasteiger partial charge in [0.15, 0.2) is 0 Å². The van der Waals surface area contributed by atoms with Gasteiger partial charge in [0.05, 0.1) is 32.6 Å². The van der Waals surface area contributed by atoms with Crippen LogP contribution in [-0.4, -0.2) is 21.8 Å². The average Bonchev–Trinajstić information content (AvgIpc) is 3.36. The molecule has 1 aliphatic rings. The first-order chi connectivity index (χ1) is 17.8. The summed E-state index contributed by atoms with van der Waals surface area (Å²) in [6.07, 6.45) is 1.43. The second-order valence-corrected chi connectivity index (χ2v) is 7.76. The summed E-state index contributed by atoms with van der Waals surface area (Å²) in [5, 5.41) is 20.7. The van der Waals surface area contributed by atoms with Crippen LogP contribution >= 0.6 is 12.4 Å². The monoisotopic (exact) mass is 533 g/mol. The number of carbonyl (C=O) groups excluding carboxylic acids is 1. The highest BCUT2D eigenvalue weighted by Crippen LogP contribution is 2.28. The molecule has 0 aromatic heterocycles. The third kappa shape index (κ3) is 7.97. The maximum atomic E-state index is 10.6. The number of nitrogens with zero attached hydrogens (tertiary/aromatic N) is 3. The van der Waals surface area contributed by atoms with Crippen molar-refractivity contribution in [2.24, 2.45) is 4.99 Å². The van der Waals surface area contributed by atoms with Crippen LogP contribution in [0.25, 0.3) is 0 Å². The number of para-hydroxylation sites is 3. The number of hydrogen-bond acceptors (Lipinski definition) is 8. The number of nitrogen functional groups attached to an aromatic ring is 2. The zero-order chi connectivity index (χ0) is 26.8. The molecule has 1 aliphatic heterocycles. The van der Waals surface area contributed by atoms with Crippen LogP contribution in [-0.2, 0) is 6.42 Å². The number of non-ortho nitro benzene ring substituents is 2. The highest BCUT2D eigenvalue weighted by atomic mass is 35.5. The smallest absolute Gasteiger partial charge is 0.269 e. The minimum absolute atomic E-state index is 0. The number of halogens is 1. The van der Waals surface area contributed by atoms with Gasteiger partial charge in [0.25, 0.3) is 11.4 Å². The number of aliphatic imine (C=N–C) groups is 1. The number of rotatable bonds is 4. The second-order valence-electron chi connectivity index (χ2n) is 7.76. The van der Waals surface area contributed by atoms with Crippen LogP contribution in [0.4, 0.5) is 28.4 Å². The first-order valence-electron chi connectivity index (χ1n) is 11.0. The second kappa shape index (κ2) is 13.9. The molecule has 4 N–H and O–H groups in total. The zero-order valence-corrected chi connectivity index (χ0v) is 20.8. The number of anilines is 2. The topological polar surface area (TPSA) is 168 Å². The lowest BCUT2D eigenvalue weighted by atomic mass is 10.0. The van der Waals surface area contributed by atoms with Crippen molar-refractivity contribution in [3.63, 3.8) is 0 Å². The number of benzene rings is 4. The number of nitro groups is 2. The molecule has 0 aliphatic carbocycles. The normalized spacial score (nSPS) is 10.7. The maximum absolute atomic E-state index is 10.6. The van der Waals surface area contributed by atoms with Crippen molar-refractivity contribution in [2.75, 3.05) is 11.5 Å². The summed E-state index contributed by atoms with van der Waals surface area (Å²) in [7, 11) is 0. The Labute approximate surface area is 224 Å². The number of nitro benzene ring substituents is 2. The Morgan fingerprint density at radius 2 is 1.18 bits per heavy atom. The molecule has 0 unspecified atom stereocenters. The molecule has 10 nitrogen and oxygen atoms in total. The lowest BCUT2D eigenvalue weighted by Crippen LogP contribution is -2.00. The van der Waals surface area contributed by atoms with Crippen LogP contribution in [0.2, 0.25) is 0 Å². The SMILES string of the molecule is Cl.Nc1ccccc1N.O=Cc1ccc([N+](=O)[O-])cc1.O=[N+]([O-])c1ccc(C2=Nc3ccccc3C2)cc1. The molecule has 0 radical (unpaired) electrons. The van der Waals surface area contributed by atoms with Crippen molar-refractivity contribution in [1.29, 1.82) is 0 Å². The maximum Gasteiger partial charge on any atom is 0.269 e. The molecular weight excluding hydrogens is 510 g/mol. The number of nitrogens with two attached hydrogens (primary N) is 2. The van der Waals surface area contributed by atoms with E-state index in [0.29, 0.717) is 23.2 Å². The molecule has 38 heavy (non-hydrogen) atoms. The van der Waals surface area contributed by atoms with Gasteiger partial charge in [0.1, 0.15) is 6.29 Å². The van der Waals surface area contributed by atoms with E-state index in [-0.39, 0.29) is 23.8 Å². The molecule has 4 aromatic carbocycles. The standard InChI is InChI=1S/C14H10N2O2.C7H5NO3.C6H8N2.ClH/c17-16(18)12-7-5-10(6-8-12)14-9-11-3-1-2-4-13(11)15-14;9-5-6-1-3-7(4-2-6)8(10)11;7-5-3-1-2-4-6(5)8;/h1-8H,9H2;1-5H;1-4H,7-8H2;1H. The molecular formula is C27H24ClN5O5. The summed E-state index contributed by atoms with van der Waals surface area (Å²) >= 11 is 0. The summed E-state index contributed by atoms with van der Waals surface area (Å²) in [6.45, 7) is 0. The minimum Gasteiger partial charge on any atom is -0.397 e. The Morgan fingerprint density at radius 1 is 0.711 bits per heavy atom. The summed E-state index contributed by atoms with van der Waals surface area (Å²) in [5.41, 5.74) is 16.7. The molecule has 194 valence electrons. The van der Waals surface area contributed by atoms with E-state index in [2.05, 4.69) is 11.1 Å². The third-order valence-electron chi connectivity index (χ3n) is 5.25. The van der Waals surface area contributed by atoms with Gasteiger partial charge < -0.3 is 11.5 Å². The number of hydrogen-bond donors (Lipinski definition) is 2. The van der Waals surface area contributed by atoms with Gasteiger partial charge in [-0.15, -0.1) is 12.4 Å². The van der Waals surface area contributed by atoms with Crippen molar-refractivity contribution in [2.45, 2.75) is 6.42 Å². The minimum atomic E-state index is -0.505. The van der Waals surface area contributed by atoms with Crippen LogP contribution in [0.15, 0.2) is 102 Å². The predicted molar refractivity (Wildman–Crippen MR) is 150 cm³/mol. The Kier molecular flexibility index (Phi) is 10.6. The molecule has 11 heteroatoms. The third-order valence-corrected chi connectivity index (χ3v) is 5.25. The van der Waals surface area contributed by atoms with Crippen LogP contribution in [0.3, 0.4) is 0 Å². The highest BCUT2D eigenvalue weighted by Gasteiger charge is 2.16. The van der Waals surface area contributed by atoms with E-state index >= 15 is 0 Å². The molecule has 0 saturated carbocycles. The van der Waals surface area contributed by atoms with E-state index in [0.717, 1.165) is 23.4 Å².